The summed E-state index contributed by atoms with van der Waals surface area (Å²) in [4.78, 5) is 12.1. The van der Waals surface area contributed by atoms with Crippen molar-refractivity contribution in [1.82, 2.24) is 0 Å². The highest BCUT2D eigenvalue weighted by molar-refractivity contribution is 6.36. The molecule has 0 amide bonds. The van der Waals surface area contributed by atoms with Gasteiger partial charge in [-0.05, 0) is 62.8 Å². The molecule has 0 fully saturated rings. The molecule has 1 aromatic carbocycles. The number of benzene rings is 1. The van der Waals surface area contributed by atoms with Crippen molar-refractivity contribution in [1.29, 1.82) is 0 Å². The third kappa shape index (κ3) is 2.01. The molecule has 0 saturated carbocycles. The van der Waals surface area contributed by atoms with Gasteiger partial charge in [0.1, 0.15) is 0 Å². The van der Waals surface area contributed by atoms with Crippen LogP contribution in [0, 0.1) is 27.7 Å². The molecule has 18 heavy (non-hydrogen) atoms. The molecule has 1 nitrogen and oxygen atoms in total. The lowest BCUT2D eigenvalue weighted by Gasteiger charge is -2.20. The number of halogens is 1. The lowest BCUT2D eigenvalue weighted by Crippen LogP contribution is -2.10. The first kappa shape index (κ1) is 13.4. The highest BCUT2D eigenvalue weighted by Gasteiger charge is 2.22. The Labute approximate surface area is 114 Å². The molecule has 1 aliphatic carbocycles. The van der Waals surface area contributed by atoms with E-state index in [9.17, 15) is 4.79 Å². The first-order valence-corrected chi connectivity index (χ1v) is 6.82. The highest BCUT2D eigenvalue weighted by Crippen LogP contribution is 2.37. The van der Waals surface area contributed by atoms with E-state index in [4.69, 9.17) is 11.6 Å². The van der Waals surface area contributed by atoms with Crippen molar-refractivity contribution in [3.8, 4) is 0 Å². The summed E-state index contributed by atoms with van der Waals surface area (Å²) in [6, 6.07) is 0. The Morgan fingerprint density at radius 1 is 1.00 bits per heavy atom. The fraction of sp³-hybridized carbons (Fsp3) is 0.438. The molecule has 0 heterocycles. The molecule has 0 aromatic heterocycles. The standard InChI is InChI=1S/C16H19ClO/c1-9-10(2)12(4)16(17)15(11(9)3)13-7-5-6-8-14(13)18/h7H,5-6,8H2,1-4H3. The second-order valence-corrected chi connectivity index (χ2v) is 5.50. The van der Waals surface area contributed by atoms with E-state index in [0.29, 0.717) is 6.42 Å². The number of rotatable bonds is 1. The van der Waals surface area contributed by atoms with Crippen molar-refractivity contribution in [2.24, 2.45) is 0 Å². The average molecular weight is 263 g/mol. The van der Waals surface area contributed by atoms with E-state index in [0.717, 1.165) is 40.1 Å². The minimum absolute atomic E-state index is 0.230. The van der Waals surface area contributed by atoms with E-state index in [-0.39, 0.29) is 5.78 Å². The summed E-state index contributed by atoms with van der Waals surface area (Å²) in [6.07, 6.45) is 4.63. The highest BCUT2D eigenvalue weighted by atomic mass is 35.5. The number of ketones is 1. The van der Waals surface area contributed by atoms with Gasteiger partial charge in [-0.3, -0.25) is 4.79 Å². The van der Waals surface area contributed by atoms with Crippen LogP contribution < -0.4 is 0 Å². The summed E-state index contributed by atoms with van der Waals surface area (Å²) >= 11 is 6.48. The number of carbonyl (C=O) groups excluding carboxylic acids is 1. The van der Waals surface area contributed by atoms with Crippen LogP contribution in [-0.4, -0.2) is 5.78 Å². The maximum absolute atomic E-state index is 12.1. The number of hydrogen-bond donors (Lipinski definition) is 0. The van der Waals surface area contributed by atoms with Crippen LogP contribution in [0.3, 0.4) is 0 Å². The summed E-state index contributed by atoms with van der Waals surface area (Å²) in [7, 11) is 0. The molecule has 96 valence electrons. The third-order valence-corrected chi connectivity index (χ3v) is 4.61. The summed E-state index contributed by atoms with van der Waals surface area (Å²) in [5.41, 5.74) is 6.49. The average Bonchev–Trinajstić information content (AvgIpc) is 2.36. The minimum atomic E-state index is 0.230. The van der Waals surface area contributed by atoms with Gasteiger partial charge in [-0.1, -0.05) is 17.7 Å². The number of Topliss-reactive ketones (excluding diaryl/α,β-unsaturated/α-hetero) is 1. The molecule has 0 saturated heterocycles. The molecular formula is C16H19ClO. The van der Waals surface area contributed by atoms with Gasteiger partial charge in [0.15, 0.2) is 5.78 Å². The van der Waals surface area contributed by atoms with Gasteiger partial charge in [-0.2, -0.15) is 0 Å². The Balaban J connectivity index is 2.72. The first-order valence-electron chi connectivity index (χ1n) is 6.44. The lowest BCUT2D eigenvalue weighted by molar-refractivity contribution is -0.114. The van der Waals surface area contributed by atoms with E-state index >= 15 is 0 Å². The van der Waals surface area contributed by atoms with Crippen LogP contribution in [0.2, 0.25) is 5.02 Å². The Hall–Kier alpha value is -1.08. The zero-order valence-corrected chi connectivity index (χ0v) is 12.2. The van der Waals surface area contributed by atoms with Crippen LogP contribution in [0.5, 0.6) is 0 Å². The van der Waals surface area contributed by atoms with Crippen LogP contribution in [0.25, 0.3) is 5.57 Å². The minimum Gasteiger partial charge on any atom is -0.294 e. The van der Waals surface area contributed by atoms with E-state index in [1.165, 1.54) is 11.1 Å². The Morgan fingerprint density at radius 3 is 2.22 bits per heavy atom. The predicted octanol–water partition coefficient (Wildman–Crippen LogP) is 4.71. The van der Waals surface area contributed by atoms with E-state index in [2.05, 4.69) is 20.8 Å². The number of carbonyl (C=O) groups is 1. The molecule has 0 bridgehead atoms. The SMILES string of the molecule is Cc1c(C)c(C)c(C2=CCCCC2=O)c(Cl)c1C. The molecule has 0 spiro atoms. The van der Waals surface area contributed by atoms with E-state index in [1.54, 1.807) is 0 Å². The third-order valence-electron chi connectivity index (χ3n) is 4.14. The van der Waals surface area contributed by atoms with Gasteiger partial charge in [0.05, 0.1) is 5.02 Å². The van der Waals surface area contributed by atoms with E-state index < -0.39 is 0 Å². The fourth-order valence-corrected chi connectivity index (χ4v) is 2.97. The number of hydrogen-bond acceptors (Lipinski definition) is 1. The normalized spacial score (nSPS) is 15.8. The zero-order chi connectivity index (χ0) is 13.4. The fourth-order valence-electron chi connectivity index (χ4n) is 2.59. The van der Waals surface area contributed by atoms with Crippen molar-refractivity contribution >= 4 is 23.0 Å². The number of allylic oxidation sites excluding steroid dienone is 2. The quantitative estimate of drug-likeness (QED) is 0.716. The van der Waals surface area contributed by atoms with Crippen LogP contribution in [0.1, 0.15) is 47.1 Å². The van der Waals surface area contributed by atoms with Crippen LogP contribution in [0.15, 0.2) is 6.08 Å². The van der Waals surface area contributed by atoms with Crippen LogP contribution in [0.4, 0.5) is 0 Å². The smallest absolute Gasteiger partial charge is 0.163 e. The van der Waals surface area contributed by atoms with Gasteiger partial charge in [0.25, 0.3) is 0 Å². The molecule has 2 heteroatoms. The Morgan fingerprint density at radius 2 is 1.61 bits per heavy atom. The first-order chi connectivity index (χ1) is 8.45. The summed E-state index contributed by atoms with van der Waals surface area (Å²) in [5, 5.41) is 0.747. The zero-order valence-electron chi connectivity index (χ0n) is 11.5. The Kier molecular flexibility index (Phi) is 3.63. The van der Waals surface area contributed by atoms with Gasteiger partial charge in [0, 0.05) is 17.6 Å². The van der Waals surface area contributed by atoms with Gasteiger partial charge in [-0.25, -0.2) is 0 Å². The maximum atomic E-state index is 12.1. The van der Waals surface area contributed by atoms with Gasteiger partial charge in [0.2, 0.25) is 0 Å². The van der Waals surface area contributed by atoms with Crippen molar-refractivity contribution in [3.63, 3.8) is 0 Å². The molecule has 0 unspecified atom stereocenters. The topological polar surface area (TPSA) is 17.1 Å². The van der Waals surface area contributed by atoms with Gasteiger partial charge < -0.3 is 0 Å². The predicted molar refractivity (Wildman–Crippen MR) is 77.2 cm³/mol. The molecule has 1 aromatic rings. The lowest BCUT2D eigenvalue weighted by atomic mass is 9.85. The Bertz CT molecular complexity index is 524. The maximum Gasteiger partial charge on any atom is 0.163 e. The van der Waals surface area contributed by atoms with E-state index in [1.807, 2.05) is 13.0 Å². The monoisotopic (exact) mass is 262 g/mol. The van der Waals surface area contributed by atoms with Crippen molar-refractivity contribution < 1.29 is 4.79 Å². The molecule has 1 aliphatic rings. The van der Waals surface area contributed by atoms with Crippen molar-refractivity contribution in [2.75, 3.05) is 0 Å². The molecular weight excluding hydrogens is 244 g/mol. The molecule has 0 aliphatic heterocycles. The molecule has 2 rings (SSSR count). The summed E-state index contributed by atoms with van der Waals surface area (Å²) in [6.45, 7) is 8.28. The van der Waals surface area contributed by atoms with Crippen LogP contribution >= 0.6 is 11.6 Å². The van der Waals surface area contributed by atoms with Crippen molar-refractivity contribution in [2.45, 2.75) is 47.0 Å². The molecule has 0 radical (unpaired) electrons. The largest absolute Gasteiger partial charge is 0.294 e. The second kappa shape index (κ2) is 4.89. The summed E-state index contributed by atoms with van der Waals surface area (Å²) < 4.78 is 0. The summed E-state index contributed by atoms with van der Waals surface area (Å²) in [5.74, 6) is 0.230. The molecule has 0 N–H and O–H groups in total. The molecule has 0 atom stereocenters. The van der Waals surface area contributed by atoms with Gasteiger partial charge in [-0.15, -0.1) is 0 Å². The van der Waals surface area contributed by atoms with Crippen molar-refractivity contribution in [3.05, 3.63) is 38.9 Å². The van der Waals surface area contributed by atoms with Crippen LogP contribution in [-0.2, 0) is 4.79 Å². The second-order valence-electron chi connectivity index (χ2n) is 5.12. The van der Waals surface area contributed by atoms with Gasteiger partial charge >= 0.3 is 0 Å².